The number of aliphatic hydroxyl groups excluding tert-OH is 3. The number of carbonyl (C=O) groups excluding carboxylic acids is 1. The first-order valence-corrected chi connectivity index (χ1v) is 10.3. The number of aliphatic hydroxyl groups is 4. The van der Waals surface area contributed by atoms with Gasteiger partial charge < -0.3 is 45.4 Å². The quantitative estimate of drug-likeness (QED) is 0.106. The number of nitrogens with zero attached hydrogens (tertiary/aromatic N) is 2. The fourth-order valence-corrected chi connectivity index (χ4v) is 3.98. The van der Waals surface area contributed by atoms with Crippen LogP contribution in [0.2, 0.25) is 0 Å². The Morgan fingerprint density at radius 1 is 1.32 bits per heavy atom. The summed E-state index contributed by atoms with van der Waals surface area (Å²) >= 11 is 0. The monoisotopic (exact) mass is 486 g/mol. The van der Waals surface area contributed by atoms with E-state index in [-0.39, 0.29) is 71.6 Å². The molecule has 17 heteroatoms. The molecule has 3 rings (SSSR count). The second-order valence-corrected chi connectivity index (χ2v) is 8.57. The first kappa shape index (κ1) is 29.7. The van der Waals surface area contributed by atoms with Crippen LogP contribution in [0, 0.1) is 0 Å². The van der Waals surface area contributed by atoms with Gasteiger partial charge >= 0.3 is 78.7 Å². The molecule has 164 valence electrons. The van der Waals surface area contributed by atoms with E-state index < -0.39 is 74.0 Å². The van der Waals surface area contributed by atoms with E-state index in [9.17, 15) is 29.8 Å². The number of amides is 2. The fraction of sp³-hybridized carbons (Fsp3) is 0.714. The van der Waals surface area contributed by atoms with Gasteiger partial charge in [0, 0.05) is 6.08 Å². The Morgan fingerprint density at radius 3 is 2.48 bits per heavy atom. The predicted molar refractivity (Wildman–Crippen MR) is 91.5 cm³/mol. The van der Waals surface area contributed by atoms with Crippen LogP contribution in [-0.2, 0) is 18.8 Å². The minimum absolute atomic E-state index is 0. The number of hydrogen-bond donors (Lipinski definition) is 7. The molecule has 2 saturated heterocycles. The Hall–Kier alpha value is 0.710. The summed E-state index contributed by atoms with van der Waals surface area (Å²) in [5.74, 6) is -2.63. The summed E-state index contributed by atoms with van der Waals surface area (Å²) in [4.78, 5) is 34.4. The average molecular weight is 486 g/mol. The molecule has 2 unspecified atom stereocenters. The van der Waals surface area contributed by atoms with Crippen molar-refractivity contribution in [1.29, 1.82) is 0 Å². The van der Waals surface area contributed by atoms with E-state index in [2.05, 4.69) is 4.99 Å². The van der Waals surface area contributed by atoms with Gasteiger partial charge in [-0.05, 0) is 0 Å². The Balaban J connectivity index is 0.00000240. The van der Waals surface area contributed by atoms with Gasteiger partial charge in [0.2, 0.25) is 6.23 Å². The molecule has 0 spiro atoms. The molecule has 0 aromatic carbocycles. The third kappa shape index (κ3) is 5.69. The average Bonchev–Trinajstić information content (AvgIpc) is 3.15. The first-order chi connectivity index (χ1) is 13.4. The van der Waals surface area contributed by atoms with Crippen LogP contribution in [0.5, 0.6) is 0 Å². The summed E-state index contributed by atoms with van der Waals surface area (Å²) in [5.41, 5.74) is 5.53. The molecule has 8 N–H and O–H groups in total. The molecular weight excluding hydrogens is 463 g/mol. The predicted octanol–water partition coefficient (Wildman–Crippen LogP) is -9.16. The molecule has 0 aliphatic carbocycles. The summed E-state index contributed by atoms with van der Waals surface area (Å²) in [7, 11) is -4.49. The summed E-state index contributed by atoms with van der Waals surface area (Å²) in [6.45, 7) is -1.02. The van der Waals surface area contributed by atoms with Crippen molar-refractivity contribution in [3.05, 3.63) is 12.3 Å². The van der Waals surface area contributed by atoms with Crippen molar-refractivity contribution < 1.29 is 117 Å². The third-order valence-electron chi connectivity index (χ3n) is 4.99. The Bertz CT molecular complexity index is 783. The molecule has 3 aliphatic heterocycles. The van der Waals surface area contributed by atoms with Gasteiger partial charge in [-0.15, -0.1) is 9.48 Å². The minimum Gasteiger partial charge on any atom is -0.394 e. The number of aliphatic imine (C=N–C) groups is 1. The summed E-state index contributed by atoms with van der Waals surface area (Å²) in [5, 5.41) is 41.1. The molecule has 7 atom stereocenters. The van der Waals surface area contributed by atoms with Gasteiger partial charge in [-0.25, -0.2) is 4.79 Å². The Labute approximate surface area is 221 Å². The molecule has 0 saturated carbocycles. The second-order valence-electron chi connectivity index (χ2n) is 6.98. The SMILES string of the molecule is NC1=NC(=O)[N+]([C@@H]2O[C@H](CO)[C@@H](O)[C@H]2O)(C2(O)C[C@@H](OCP(=O)(O)O)CO2)C=C1.[Na+].[Na+]. The van der Waals surface area contributed by atoms with E-state index in [0.29, 0.717) is 0 Å². The van der Waals surface area contributed by atoms with Crippen LogP contribution < -0.4 is 64.8 Å². The van der Waals surface area contributed by atoms with Crippen molar-refractivity contribution >= 4 is 19.5 Å². The molecular formula is C14H23N3Na2O11P+3. The first-order valence-electron chi connectivity index (χ1n) is 8.55. The molecule has 0 aromatic rings. The van der Waals surface area contributed by atoms with Crippen LogP contribution in [0.1, 0.15) is 6.42 Å². The van der Waals surface area contributed by atoms with Crippen molar-refractivity contribution in [3.8, 4) is 0 Å². The van der Waals surface area contributed by atoms with E-state index in [1.54, 1.807) is 0 Å². The third-order valence-corrected chi connectivity index (χ3v) is 5.48. The zero-order chi connectivity index (χ0) is 21.6. The molecule has 0 aromatic heterocycles. The minimum atomic E-state index is -4.49. The maximum absolute atomic E-state index is 12.9. The fourth-order valence-electron chi connectivity index (χ4n) is 3.57. The van der Waals surface area contributed by atoms with Crippen molar-refractivity contribution in [1.82, 2.24) is 0 Å². The van der Waals surface area contributed by atoms with Gasteiger partial charge in [0.15, 0.2) is 6.10 Å². The number of rotatable bonds is 6. The molecule has 2 fully saturated rings. The number of carbonyl (C=O) groups is 1. The van der Waals surface area contributed by atoms with E-state index >= 15 is 0 Å². The number of nitrogens with two attached hydrogens (primary N) is 1. The molecule has 3 heterocycles. The Morgan fingerprint density at radius 2 is 1.97 bits per heavy atom. The van der Waals surface area contributed by atoms with Gasteiger partial charge in [0.1, 0.15) is 30.6 Å². The van der Waals surface area contributed by atoms with Crippen molar-refractivity contribution in [2.24, 2.45) is 10.7 Å². The van der Waals surface area contributed by atoms with E-state index in [1.165, 1.54) is 6.08 Å². The maximum Gasteiger partial charge on any atom is 1.00 e. The van der Waals surface area contributed by atoms with Crippen LogP contribution in [0.15, 0.2) is 17.3 Å². The zero-order valence-corrected chi connectivity index (χ0v) is 21.9. The molecule has 3 aliphatic rings. The van der Waals surface area contributed by atoms with Crippen molar-refractivity contribution in [3.63, 3.8) is 0 Å². The van der Waals surface area contributed by atoms with E-state index in [1.807, 2.05) is 0 Å². The van der Waals surface area contributed by atoms with Gasteiger partial charge in [-0.2, -0.15) is 0 Å². The topological polar surface area (TPSA) is 222 Å². The van der Waals surface area contributed by atoms with Crippen LogP contribution >= 0.6 is 7.60 Å². The van der Waals surface area contributed by atoms with Gasteiger partial charge in [-0.1, -0.05) is 0 Å². The second kappa shape index (κ2) is 11.0. The van der Waals surface area contributed by atoms with Gasteiger partial charge in [-0.3, -0.25) is 9.30 Å². The number of amidine groups is 1. The standard InChI is InChI=1S/C14H22N3O11P.2Na/c15-9-1-2-17(13(21)16-9,12-11(20)10(19)8(4-18)28-12)14(22)3-7(5-27-14)26-6-29(23,24)25;;/h1-2,7-8,10-12,18-20,22H,3-6H2,(H3-,15,16,21,23,24,25);;/q;2*+1/p+1/t7-,8-,10-,11-,12-,14?,17?;;/m1../s1. The molecule has 14 nitrogen and oxygen atoms in total. The molecule has 0 radical (unpaired) electrons. The Kier molecular flexibility index (Phi) is 10.5. The van der Waals surface area contributed by atoms with Gasteiger partial charge in [0.05, 0.1) is 25.7 Å². The molecule has 31 heavy (non-hydrogen) atoms. The zero-order valence-electron chi connectivity index (χ0n) is 17.0. The van der Waals surface area contributed by atoms with Crippen LogP contribution in [0.4, 0.5) is 4.79 Å². The number of quaternary nitrogens is 1. The molecule has 0 bridgehead atoms. The van der Waals surface area contributed by atoms with E-state index in [0.717, 1.165) is 6.20 Å². The summed E-state index contributed by atoms with van der Waals surface area (Å²) in [6.07, 6.45) is -6.32. The van der Waals surface area contributed by atoms with Crippen molar-refractivity contribution in [2.45, 2.75) is 43.0 Å². The van der Waals surface area contributed by atoms with Gasteiger partial charge in [0.25, 0.3) is 0 Å². The van der Waals surface area contributed by atoms with Crippen LogP contribution in [0.25, 0.3) is 0 Å². The number of hydrogen-bond acceptors (Lipinski definition) is 10. The summed E-state index contributed by atoms with van der Waals surface area (Å²) < 4.78 is 25.6. The number of urea groups is 1. The van der Waals surface area contributed by atoms with Crippen LogP contribution in [-0.4, -0.2) is 103 Å². The molecule has 2 amide bonds. The normalized spacial score (nSPS) is 40.3. The van der Waals surface area contributed by atoms with E-state index in [4.69, 9.17) is 29.7 Å². The smallest absolute Gasteiger partial charge is 0.394 e. The largest absolute Gasteiger partial charge is 1.00 e. The van der Waals surface area contributed by atoms with Crippen LogP contribution in [0.3, 0.4) is 0 Å². The summed E-state index contributed by atoms with van der Waals surface area (Å²) in [6, 6.07) is -1.09. The number of ether oxygens (including phenoxy) is 3. The van der Waals surface area contributed by atoms with Crippen molar-refractivity contribution in [2.75, 3.05) is 19.6 Å². The maximum atomic E-state index is 12.9.